The summed E-state index contributed by atoms with van der Waals surface area (Å²) >= 11 is 6.04. The van der Waals surface area contributed by atoms with Crippen LogP contribution < -0.4 is 4.74 Å². The number of aliphatic hydroxyl groups excluding tert-OH is 1. The molecule has 23 heavy (non-hydrogen) atoms. The zero-order valence-corrected chi connectivity index (χ0v) is 14.0. The SMILES string of the molecule is Cc1ccc(OCc2nc3cc(Cl)ccc3n2CCO)c(C)c1. The van der Waals surface area contributed by atoms with E-state index >= 15 is 0 Å². The van der Waals surface area contributed by atoms with Crippen LogP contribution in [0, 0.1) is 13.8 Å². The van der Waals surface area contributed by atoms with Gasteiger partial charge < -0.3 is 14.4 Å². The summed E-state index contributed by atoms with van der Waals surface area (Å²) in [5.74, 6) is 1.62. The Kier molecular flexibility index (Phi) is 4.55. The van der Waals surface area contributed by atoms with Gasteiger partial charge in [0.05, 0.1) is 17.6 Å². The summed E-state index contributed by atoms with van der Waals surface area (Å²) in [6.45, 7) is 4.95. The van der Waals surface area contributed by atoms with Crippen LogP contribution in [0.2, 0.25) is 5.02 Å². The van der Waals surface area contributed by atoms with E-state index < -0.39 is 0 Å². The van der Waals surface area contributed by atoms with Gasteiger partial charge >= 0.3 is 0 Å². The predicted octanol–water partition coefficient (Wildman–Crippen LogP) is 3.88. The molecular weight excluding hydrogens is 312 g/mol. The monoisotopic (exact) mass is 330 g/mol. The molecule has 0 amide bonds. The highest BCUT2D eigenvalue weighted by Crippen LogP contribution is 2.23. The minimum atomic E-state index is 0.0463. The molecule has 5 heteroatoms. The number of fused-ring (bicyclic) bond motifs is 1. The minimum absolute atomic E-state index is 0.0463. The Bertz CT molecular complexity index is 842. The van der Waals surface area contributed by atoms with Gasteiger partial charge in [0.1, 0.15) is 18.2 Å². The third kappa shape index (κ3) is 3.33. The summed E-state index contributed by atoms with van der Waals surface area (Å²) in [6, 6.07) is 11.7. The summed E-state index contributed by atoms with van der Waals surface area (Å²) in [6.07, 6.45) is 0. The maximum absolute atomic E-state index is 9.32. The molecule has 2 aromatic carbocycles. The van der Waals surface area contributed by atoms with Crippen molar-refractivity contribution in [2.24, 2.45) is 0 Å². The Morgan fingerprint density at radius 1 is 1.17 bits per heavy atom. The summed E-state index contributed by atoms with van der Waals surface area (Å²) in [7, 11) is 0. The first-order chi connectivity index (χ1) is 11.1. The third-order valence-corrected chi connectivity index (χ3v) is 4.04. The van der Waals surface area contributed by atoms with Crippen molar-refractivity contribution in [3.05, 3.63) is 58.4 Å². The Morgan fingerprint density at radius 3 is 2.74 bits per heavy atom. The Labute approximate surface area is 140 Å². The largest absolute Gasteiger partial charge is 0.485 e. The maximum Gasteiger partial charge on any atom is 0.148 e. The molecule has 3 rings (SSSR count). The fourth-order valence-electron chi connectivity index (χ4n) is 2.72. The number of aromatic nitrogens is 2. The summed E-state index contributed by atoms with van der Waals surface area (Å²) in [5.41, 5.74) is 4.06. The lowest BCUT2D eigenvalue weighted by molar-refractivity contribution is 0.260. The highest BCUT2D eigenvalue weighted by molar-refractivity contribution is 6.31. The van der Waals surface area contributed by atoms with Crippen LogP contribution in [0.15, 0.2) is 36.4 Å². The first-order valence-electron chi connectivity index (χ1n) is 7.54. The van der Waals surface area contributed by atoms with Gasteiger partial charge in [-0.05, 0) is 43.7 Å². The van der Waals surface area contributed by atoms with Crippen LogP contribution in [0.5, 0.6) is 5.75 Å². The van der Waals surface area contributed by atoms with E-state index in [-0.39, 0.29) is 6.61 Å². The quantitative estimate of drug-likeness (QED) is 0.772. The second-order valence-electron chi connectivity index (χ2n) is 5.59. The highest BCUT2D eigenvalue weighted by atomic mass is 35.5. The molecule has 1 heterocycles. The van der Waals surface area contributed by atoms with Crippen LogP contribution in [0.1, 0.15) is 17.0 Å². The summed E-state index contributed by atoms with van der Waals surface area (Å²) in [5, 5.41) is 9.97. The van der Waals surface area contributed by atoms with Gasteiger partial charge in [-0.1, -0.05) is 29.3 Å². The normalized spacial score (nSPS) is 11.1. The molecule has 0 saturated carbocycles. The first kappa shape index (κ1) is 15.8. The van der Waals surface area contributed by atoms with Crippen molar-refractivity contribution in [1.82, 2.24) is 9.55 Å². The van der Waals surface area contributed by atoms with Gasteiger partial charge in [-0.2, -0.15) is 0 Å². The van der Waals surface area contributed by atoms with E-state index in [4.69, 9.17) is 16.3 Å². The van der Waals surface area contributed by atoms with Crippen molar-refractivity contribution in [2.75, 3.05) is 6.61 Å². The highest BCUT2D eigenvalue weighted by Gasteiger charge is 2.12. The van der Waals surface area contributed by atoms with Crippen molar-refractivity contribution in [1.29, 1.82) is 0 Å². The molecule has 0 aliphatic carbocycles. The van der Waals surface area contributed by atoms with Crippen molar-refractivity contribution in [2.45, 2.75) is 27.0 Å². The van der Waals surface area contributed by atoms with E-state index in [2.05, 4.69) is 18.0 Å². The number of imidazole rings is 1. The van der Waals surface area contributed by atoms with Crippen LogP contribution >= 0.6 is 11.6 Å². The van der Waals surface area contributed by atoms with Crippen LogP contribution in [0.4, 0.5) is 0 Å². The van der Waals surface area contributed by atoms with Gasteiger partial charge in [0, 0.05) is 11.6 Å². The van der Waals surface area contributed by atoms with Crippen molar-refractivity contribution < 1.29 is 9.84 Å². The second-order valence-corrected chi connectivity index (χ2v) is 6.03. The molecule has 0 aliphatic rings. The number of benzene rings is 2. The van der Waals surface area contributed by atoms with Crippen LogP contribution in [-0.2, 0) is 13.2 Å². The molecular formula is C18H19ClN2O2. The lowest BCUT2D eigenvalue weighted by Crippen LogP contribution is -2.10. The number of rotatable bonds is 5. The molecule has 0 bridgehead atoms. The lowest BCUT2D eigenvalue weighted by atomic mass is 10.1. The summed E-state index contributed by atoms with van der Waals surface area (Å²) < 4.78 is 7.89. The van der Waals surface area contributed by atoms with E-state index in [1.807, 2.05) is 41.8 Å². The van der Waals surface area contributed by atoms with Gasteiger partial charge in [-0.15, -0.1) is 0 Å². The number of nitrogens with zero attached hydrogens (tertiary/aromatic N) is 2. The molecule has 120 valence electrons. The molecule has 3 aromatic rings. The average molecular weight is 331 g/mol. The van der Waals surface area contributed by atoms with Crippen LogP contribution in [-0.4, -0.2) is 21.3 Å². The molecule has 0 radical (unpaired) electrons. The van der Waals surface area contributed by atoms with E-state index in [9.17, 15) is 5.11 Å². The first-order valence-corrected chi connectivity index (χ1v) is 7.92. The van der Waals surface area contributed by atoms with Gasteiger partial charge in [0.2, 0.25) is 0 Å². The van der Waals surface area contributed by atoms with E-state index in [0.717, 1.165) is 28.2 Å². The zero-order chi connectivity index (χ0) is 16.4. The standard InChI is InChI=1S/C18H19ClN2O2/c1-12-3-6-17(13(2)9-12)23-11-18-20-15-10-14(19)4-5-16(15)21(18)7-8-22/h3-6,9-10,22H,7-8,11H2,1-2H3. The van der Waals surface area contributed by atoms with Crippen LogP contribution in [0.25, 0.3) is 11.0 Å². The molecule has 1 N–H and O–H groups in total. The fraction of sp³-hybridized carbons (Fsp3) is 0.278. The molecule has 0 fully saturated rings. The number of halogens is 1. The number of hydrogen-bond donors (Lipinski definition) is 1. The number of hydrogen-bond acceptors (Lipinski definition) is 3. The smallest absolute Gasteiger partial charge is 0.148 e. The van der Waals surface area contributed by atoms with E-state index in [0.29, 0.717) is 18.2 Å². The van der Waals surface area contributed by atoms with Crippen molar-refractivity contribution in [3.63, 3.8) is 0 Å². The predicted molar refractivity (Wildman–Crippen MR) is 92.1 cm³/mol. The Hall–Kier alpha value is -2.04. The topological polar surface area (TPSA) is 47.3 Å². The van der Waals surface area contributed by atoms with Gasteiger partial charge in [-0.3, -0.25) is 0 Å². The minimum Gasteiger partial charge on any atom is -0.485 e. The number of aryl methyl sites for hydroxylation is 2. The lowest BCUT2D eigenvalue weighted by Gasteiger charge is -2.11. The van der Waals surface area contributed by atoms with E-state index in [1.54, 1.807) is 0 Å². The second kappa shape index (κ2) is 6.60. The summed E-state index contributed by atoms with van der Waals surface area (Å²) in [4.78, 5) is 4.60. The zero-order valence-electron chi connectivity index (χ0n) is 13.2. The van der Waals surface area contributed by atoms with Gasteiger partial charge in [0.25, 0.3) is 0 Å². The van der Waals surface area contributed by atoms with Crippen molar-refractivity contribution in [3.8, 4) is 5.75 Å². The van der Waals surface area contributed by atoms with Crippen molar-refractivity contribution >= 4 is 22.6 Å². The fourth-order valence-corrected chi connectivity index (χ4v) is 2.88. The molecule has 0 aliphatic heterocycles. The maximum atomic E-state index is 9.32. The van der Waals surface area contributed by atoms with Gasteiger partial charge in [-0.25, -0.2) is 4.98 Å². The average Bonchev–Trinajstić information content (AvgIpc) is 2.84. The third-order valence-electron chi connectivity index (χ3n) is 3.80. The van der Waals surface area contributed by atoms with E-state index in [1.165, 1.54) is 5.56 Å². The molecule has 0 spiro atoms. The number of aliphatic hydroxyl groups is 1. The molecule has 0 saturated heterocycles. The Morgan fingerprint density at radius 2 is 2.00 bits per heavy atom. The molecule has 0 atom stereocenters. The number of ether oxygens (including phenoxy) is 1. The molecule has 0 unspecified atom stereocenters. The molecule has 4 nitrogen and oxygen atoms in total. The Balaban J connectivity index is 1.90. The van der Waals surface area contributed by atoms with Gasteiger partial charge in [0.15, 0.2) is 0 Å². The molecule has 1 aromatic heterocycles. The van der Waals surface area contributed by atoms with Crippen LogP contribution in [0.3, 0.4) is 0 Å².